The lowest BCUT2D eigenvalue weighted by molar-refractivity contribution is -0.234. The van der Waals surface area contributed by atoms with Gasteiger partial charge < -0.3 is 42.8 Å². The number of ether oxygens (including phenoxy) is 6. The van der Waals surface area contributed by atoms with Crippen molar-refractivity contribution in [2.75, 3.05) is 26.3 Å². The molecule has 50 heavy (non-hydrogen) atoms. The number of esters is 1. The van der Waals surface area contributed by atoms with Gasteiger partial charge in [-0.15, -0.1) is 0 Å². The zero-order valence-corrected chi connectivity index (χ0v) is 28.1. The molecule has 4 aromatic rings. The Hall–Kier alpha value is -4.91. The van der Waals surface area contributed by atoms with Crippen LogP contribution in [0.15, 0.2) is 82.0 Å². The van der Waals surface area contributed by atoms with Gasteiger partial charge in [-0.1, -0.05) is 60.7 Å². The largest absolute Gasteiger partial charge is 0.487 e. The number of aliphatic hydroxyl groups excluding tert-OH is 1. The van der Waals surface area contributed by atoms with E-state index in [0.29, 0.717) is 29.7 Å². The first-order valence-corrected chi connectivity index (χ1v) is 16.8. The maximum absolute atomic E-state index is 13.3. The van der Waals surface area contributed by atoms with Gasteiger partial charge in [0, 0.05) is 12.2 Å². The highest BCUT2D eigenvalue weighted by Crippen LogP contribution is 2.36. The Morgan fingerprint density at radius 2 is 1.64 bits per heavy atom. The quantitative estimate of drug-likeness (QED) is 0.157. The second-order valence-corrected chi connectivity index (χ2v) is 12.2. The Bertz CT molecular complexity index is 1820. The van der Waals surface area contributed by atoms with Crippen LogP contribution in [-0.2, 0) is 32.2 Å². The molecule has 2 aliphatic rings. The first-order chi connectivity index (χ1) is 24.3. The number of aryl methyl sites for hydroxylation is 1. The van der Waals surface area contributed by atoms with Crippen LogP contribution in [0, 0.1) is 6.92 Å². The molecule has 4 atom stereocenters. The van der Waals surface area contributed by atoms with E-state index < -0.39 is 42.3 Å². The molecule has 0 bridgehead atoms. The van der Waals surface area contributed by atoms with Crippen molar-refractivity contribution in [1.82, 2.24) is 4.90 Å². The Kier molecular flexibility index (Phi) is 11.3. The smallest absolute Gasteiger partial charge is 0.410 e. The molecular formula is C38H41NO11. The van der Waals surface area contributed by atoms with Gasteiger partial charge in [0.2, 0.25) is 0 Å². The number of nitrogens with zero attached hydrogens (tertiary/aromatic N) is 1. The fourth-order valence-corrected chi connectivity index (χ4v) is 6.11. The van der Waals surface area contributed by atoms with E-state index in [0.717, 1.165) is 24.0 Å². The van der Waals surface area contributed by atoms with Crippen molar-refractivity contribution in [2.24, 2.45) is 0 Å². The van der Waals surface area contributed by atoms with Crippen molar-refractivity contribution < 1.29 is 47.5 Å². The highest BCUT2D eigenvalue weighted by atomic mass is 16.7. The summed E-state index contributed by atoms with van der Waals surface area (Å²) in [5.74, 6) is -0.512. The monoisotopic (exact) mass is 687 g/mol. The van der Waals surface area contributed by atoms with Crippen molar-refractivity contribution in [3.63, 3.8) is 0 Å². The number of piperidine rings is 1. The average Bonchev–Trinajstić information content (AvgIpc) is 3.13. The van der Waals surface area contributed by atoms with E-state index in [9.17, 15) is 19.5 Å². The van der Waals surface area contributed by atoms with Crippen LogP contribution in [0.1, 0.15) is 53.2 Å². The molecule has 1 unspecified atom stereocenters. The molecule has 0 saturated carbocycles. The van der Waals surface area contributed by atoms with Gasteiger partial charge in [0.25, 0.3) is 0 Å². The van der Waals surface area contributed by atoms with Gasteiger partial charge in [-0.2, -0.15) is 0 Å². The summed E-state index contributed by atoms with van der Waals surface area (Å²) in [6, 6.07) is 21.9. The van der Waals surface area contributed by atoms with E-state index in [-0.39, 0.29) is 49.8 Å². The number of carbonyl (C=O) groups excluding carboxylic acids is 2. The van der Waals surface area contributed by atoms with E-state index in [1.54, 1.807) is 26.0 Å². The molecule has 3 heterocycles. The average molecular weight is 688 g/mol. The summed E-state index contributed by atoms with van der Waals surface area (Å²) in [5.41, 5.74) is 0.974. The van der Waals surface area contributed by atoms with Crippen LogP contribution in [0.2, 0.25) is 0 Å². The van der Waals surface area contributed by atoms with E-state index in [2.05, 4.69) is 0 Å². The summed E-state index contributed by atoms with van der Waals surface area (Å²) in [6.45, 7) is 4.10. The maximum Gasteiger partial charge on any atom is 0.410 e. The van der Waals surface area contributed by atoms with Gasteiger partial charge >= 0.3 is 17.7 Å². The number of amides is 1. The zero-order chi connectivity index (χ0) is 35.0. The van der Waals surface area contributed by atoms with Crippen molar-refractivity contribution >= 4 is 23.0 Å². The van der Waals surface area contributed by atoms with Crippen LogP contribution < -0.4 is 15.1 Å². The summed E-state index contributed by atoms with van der Waals surface area (Å²) in [6.07, 6.45) is -1.47. The third-order valence-electron chi connectivity index (χ3n) is 8.67. The lowest BCUT2D eigenvalue weighted by Crippen LogP contribution is -2.60. The molecule has 0 spiro atoms. The molecule has 3 aromatic carbocycles. The normalized spacial score (nSPS) is 20.7. The number of aliphatic hydroxyl groups is 1. The number of rotatable bonds is 11. The fraction of sp³-hybridized carbons (Fsp3) is 0.395. The predicted octanol–water partition coefficient (Wildman–Crippen LogP) is 5.53. The molecule has 1 N–H and O–H groups in total. The summed E-state index contributed by atoms with van der Waals surface area (Å²) < 4.78 is 41.1. The zero-order valence-electron chi connectivity index (χ0n) is 28.1. The molecular weight excluding hydrogens is 646 g/mol. The van der Waals surface area contributed by atoms with Crippen LogP contribution in [0.3, 0.4) is 0 Å². The lowest BCUT2D eigenvalue weighted by Gasteiger charge is -2.42. The van der Waals surface area contributed by atoms with Crippen LogP contribution >= 0.6 is 0 Å². The van der Waals surface area contributed by atoms with Gasteiger partial charge in [0.1, 0.15) is 42.9 Å². The number of carbonyl (C=O) groups is 2. The molecule has 12 nitrogen and oxygen atoms in total. The van der Waals surface area contributed by atoms with Crippen LogP contribution in [0.4, 0.5) is 4.79 Å². The Morgan fingerprint density at radius 3 is 2.32 bits per heavy atom. The second-order valence-electron chi connectivity index (χ2n) is 12.2. The lowest BCUT2D eigenvalue weighted by atomic mass is 10.0. The fourth-order valence-electron chi connectivity index (χ4n) is 6.11. The molecule has 6 rings (SSSR count). The highest BCUT2D eigenvalue weighted by molar-refractivity contribution is 5.99. The third-order valence-corrected chi connectivity index (χ3v) is 8.67. The number of hydrogen-bond donors (Lipinski definition) is 1. The molecule has 2 saturated heterocycles. The SMILES string of the molecule is CCOC(=O)c1c(OCc2ccccc2)c2ccc(O[C@@H]3CN(C(=O)OCc4ccccc4)C[C@@H](O)[C@H]3OC3CCCCO3)c(C)c2oc1=O. The van der Waals surface area contributed by atoms with Gasteiger partial charge in [0.15, 0.2) is 17.6 Å². The Labute approximate surface area is 289 Å². The number of β-amino-alcohol motifs (C(OH)–C–C–N with tert-alkyl or cyclic N) is 1. The summed E-state index contributed by atoms with van der Waals surface area (Å²) in [4.78, 5) is 40.8. The third kappa shape index (κ3) is 8.10. The number of fused-ring (bicyclic) bond motifs is 1. The minimum Gasteiger partial charge on any atom is -0.487 e. The van der Waals surface area contributed by atoms with Gasteiger partial charge in [0.05, 0.1) is 25.1 Å². The van der Waals surface area contributed by atoms with Crippen LogP contribution in [-0.4, -0.2) is 73.0 Å². The van der Waals surface area contributed by atoms with E-state index in [4.69, 9.17) is 32.8 Å². The number of hydrogen-bond acceptors (Lipinski definition) is 11. The first kappa shape index (κ1) is 34.9. The van der Waals surface area contributed by atoms with Crippen molar-refractivity contribution in [3.8, 4) is 11.5 Å². The number of likely N-dealkylation sites (tertiary alicyclic amines) is 1. The molecule has 12 heteroatoms. The summed E-state index contributed by atoms with van der Waals surface area (Å²) in [5, 5.41) is 11.7. The van der Waals surface area contributed by atoms with Crippen LogP contribution in [0.5, 0.6) is 11.5 Å². The molecule has 264 valence electrons. The molecule has 1 aromatic heterocycles. The van der Waals surface area contributed by atoms with E-state index >= 15 is 0 Å². The topological polar surface area (TPSA) is 143 Å². The van der Waals surface area contributed by atoms with Gasteiger partial charge in [-0.3, -0.25) is 0 Å². The highest BCUT2D eigenvalue weighted by Gasteiger charge is 2.42. The Balaban J connectivity index is 1.30. The van der Waals surface area contributed by atoms with E-state index in [1.165, 1.54) is 4.90 Å². The maximum atomic E-state index is 13.3. The predicted molar refractivity (Wildman–Crippen MR) is 181 cm³/mol. The summed E-state index contributed by atoms with van der Waals surface area (Å²) >= 11 is 0. The minimum absolute atomic E-state index is 0.0317. The molecule has 0 aliphatic carbocycles. The van der Waals surface area contributed by atoms with Gasteiger partial charge in [-0.05, 0) is 56.4 Å². The van der Waals surface area contributed by atoms with Gasteiger partial charge in [-0.25, -0.2) is 14.4 Å². The number of benzene rings is 3. The first-order valence-electron chi connectivity index (χ1n) is 16.8. The summed E-state index contributed by atoms with van der Waals surface area (Å²) in [7, 11) is 0. The Morgan fingerprint density at radius 1 is 0.920 bits per heavy atom. The molecule has 2 fully saturated rings. The standard InChI is InChI=1S/C38H41NO11/c1-3-44-36(41)32-34(46-22-25-12-6-4-7-13-25)27-17-18-29(24(2)33(27)50-37(32)42)48-30-21-39(38(43)47-23-26-14-8-5-9-15-26)20-28(40)35(30)49-31-16-10-11-19-45-31/h4-9,12-15,17-18,28,30-31,35,40H,3,10-11,16,19-23H2,1-2H3/t28-,30-,31?,35-/m1/s1. The molecule has 1 amide bonds. The second kappa shape index (κ2) is 16.2. The van der Waals surface area contributed by atoms with Crippen LogP contribution in [0.25, 0.3) is 11.0 Å². The van der Waals surface area contributed by atoms with Crippen molar-refractivity contribution in [2.45, 2.75) is 70.9 Å². The molecule has 2 aliphatic heterocycles. The van der Waals surface area contributed by atoms with Crippen molar-refractivity contribution in [1.29, 1.82) is 0 Å². The van der Waals surface area contributed by atoms with Crippen molar-refractivity contribution in [3.05, 3.63) is 105 Å². The van der Waals surface area contributed by atoms with E-state index in [1.807, 2.05) is 60.7 Å². The minimum atomic E-state index is -1.12. The molecule has 0 radical (unpaired) electrons.